The van der Waals surface area contributed by atoms with Crippen molar-refractivity contribution in [1.29, 1.82) is 0 Å². The van der Waals surface area contributed by atoms with Crippen molar-refractivity contribution in [1.82, 2.24) is 9.80 Å². The Balaban J connectivity index is 2.75. The number of piperidine rings is 1. The van der Waals surface area contributed by atoms with Gasteiger partial charge in [-0.15, -0.1) is 0 Å². The molecule has 0 aliphatic carbocycles. The smallest absolute Gasteiger partial charge is 0.410 e. The van der Waals surface area contributed by atoms with E-state index in [4.69, 9.17) is 9.84 Å². The van der Waals surface area contributed by atoms with Gasteiger partial charge in [-0.2, -0.15) is 0 Å². The van der Waals surface area contributed by atoms with Crippen LogP contribution in [0.1, 0.15) is 53.9 Å². The molecule has 0 aromatic heterocycles. The zero-order valence-corrected chi connectivity index (χ0v) is 14.5. The fraction of sp³-hybridized carbons (Fsp3) is 0.875. The molecular weight excluding hydrogens is 284 g/mol. The lowest BCUT2D eigenvalue weighted by atomic mass is 10.0. The lowest BCUT2D eigenvalue weighted by Crippen LogP contribution is -2.52. The highest BCUT2D eigenvalue weighted by Crippen LogP contribution is 2.21. The fourth-order valence-electron chi connectivity index (χ4n) is 2.65. The van der Waals surface area contributed by atoms with Gasteiger partial charge in [0.05, 0.1) is 6.54 Å². The van der Waals surface area contributed by atoms with Crippen LogP contribution in [-0.2, 0) is 9.53 Å². The summed E-state index contributed by atoms with van der Waals surface area (Å²) in [5.41, 5.74) is -0.516. The van der Waals surface area contributed by atoms with Crippen LogP contribution in [0.5, 0.6) is 0 Å². The highest BCUT2D eigenvalue weighted by atomic mass is 16.6. The van der Waals surface area contributed by atoms with Crippen LogP contribution in [0, 0.1) is 0 Å². The molecule has 0 saturated carbocycles. The van der Waals surface area contributed by atoms with Crippen molar-refractivity contribution in [3.8, 4) is 0 Å². The van der Waals surface area contributed by atoms with Crippen molar-refractivity contribution in [3.05, 3.63) is 0 Å². The fourth-order valence-corrected chi connectivity index (χ4v) is 2.65. The second kappa shape index (κ2) is 7.81. The van der Waals surface area contributed by atoms with Crippen LogP contribution in [0.15, 0.2) is 0 Å². The maximum atomic E-state index is 12.4. The Labute approximate surface area is 133 Å². The van der Waals surface area contributed by atoms with Crippen molar-refractivity contribution in [2.24, 2.45) is 0 Å². The number of ether oxygens (including phenoxy) is 1. The van der Waals surface area contributed by atoms with Gasteiger partial charge in [0.2, 0.25) is 0 Å². The highest BCUT2D eigenvalue weighted by Gasteiger charge is 2.32. The van der Waals surface area contributed by atoms with Gasteiger partial charge in [0, 0.05) is 25.2 Å². The second-order valence-corrected chi connectivity index (χ2v) is 7.24. The van der Waals surface area contributed by atoms with Gasteiger partial charge in [0.1, 0.15) is 5.60 Å². The molecule has 1 saturated heterocycles. The van der Waals surface area contributed by atoms with Crippen molar-refractivity contribution in [3.63, 3.8) is 0 Å². The van der Waals surface area contributed by atoms with E-state index in [0.717, 1.165) is 19.3 Å². The Hall–Kier alpha value is -1.30. The molecule has 1 fully saturated rings. The number of carbonyl (C=O) groups is 2. The molecule has 6 heteroatoms. The van der Waals surface area contributed by atoms with Crippen LogP contribution < -0.4 is 0 Å². The minimum absolute atomic E-state index is 0.00365. The summed E-state index contributed by atoms with van der Waals surface area (Å²) in [6.07, 6.45) is 2.62. The van der Waals surface area contributed by atoms with E-state index in [9.17, 15) is 9.59 Å². The molecule has 1 heterocycles. The number of hydrogen-bond acceptors (Lipinski definition) is 4. The molecule has 1 unspecified atom stereocenters. The van der Waals surface area contributed by atoms with Crippen LogP contribution in [0.25, 0.3) is 0 Å². The molecule has 1 atom stereocenters. The summed E-state index contributed by atoms with van der Waals surface area (Å²) in [5, 5.41) is 9.04. The first-order valence-corrected chi connectivity index (χ1v) is 8.05. The highest BCUT2D eigenvalue weighted by molar-refractivity contribution is 5.69. The van der Waals surface area contributed by atoms with Crippen molar-refractivity contribution >= 4 is 12.1 Å². The van der Waals surface area contributed by atoms with E-state index < -0.39 is 11.6 Å². The summed E-state index contributed by atoms with van der Waals surface area (Å²) in [5.74, 6) is -0.840. The standard InChI is InChI=1S/C16H30N2O4/c1-12(2)17(11-14(19)20)10-13-8-6-7-9-18(13)15(21)22-16(3,4)5/h12-13H,6-11H2,1-5H3,(H,19,20). The van der Waals surface area contributed by atoms with E-state index in [-0.39, 0.29) is 24.7 Å². The van der Waals surface area contributed by atoms with E-state index in [1.807, 2.05) is 39.5 Å². The molecule has 0 bridgehead atoms. The van der Waals surface area contributed by atoms with Crippen LogP contribution >= 0.6 is 0 Å². The molecule has 0 aromatic carbocycles. The van der Waals surface area contributed by atoms with E-state index in [2.05, 4.69) is 0 Å². The van der Waals surface area contributed by atoms with E-state index in [1.165, 1.54) is 0 Å². The first-order chi connectivity index (χ1) is 10.1. The number of nitrogens with zero attached hydrogens (tertiary/aromatic N) is 2. The third kappa shape index (κ3) is 6.22. The third-order valence-electron chi connectivity index (χ3n) is 3.77. The Kier molecular flexibility index (Phi) is 6.66. The molecule has 1 N–H and O–H groups in total. The van der Waals surface area contributed by atoms with Crippen LogP contribution in [-0.4, -0.2) is 64.3 Å². The molecule has 1 aliphatic heterocycles. The predicted molar refractivity (Wildman–Crippen MR) is 84.9 cm³/mol. The van der Waals surface area contributed by atoms with Crippen molar-refractivity contribution < 1.29 is 19.4 Å². The summed E-state index contributed by atoms with van der Waals surface area (Å²) in [6, 6.07) is 0.142. The largest absolute Gasteiger partial charge is 0.480 e. The van der Waals surface area contributed by atoms with Crippen molar-refractivity contribution in [2.45, 2.75) is 71.6 Å². The Morgan fingerprint density at radius 2 is 1.95 bits per heavy atom. The summed E-state index contributed by atoms with van der Waals surface area (Å²) < 4.78 is 5.48. The number of carboxylic acids is 1. The molecule has 128 valence electrons. The number of aliphatic carboxylic acids is 1. The molecular formula is C16H30N2O4. The zero-order chi connectivity index (χ0) is 16.9. The molecule has 0 radical (unpaired) electrons. The molecule has 1 aliphatic rings. The number of amides is 1. The average Bonchev–Trinajstić information content (AvgIpc) is 2.35. The predicted octanol–water partition coefficient (Wildman–Crippen LogP) is 2.57. The van der Waals surface area contributed by atoms with E-state index in [0.29, 0.717) is 13.1 Å². The average molecular weight is 314 g/mol. The molecule has 6 nitrogen and oxygen atoms in total. The van der Waals surface area contributed by atoms with Gasteiger partial charge in [0.15, 0.2) is 0 Å². The SMILES string of the molecule is CC(C)N(CC(=O)O)CC1CCCCN1C(=O)OC(C)(C)C. The normalized spacial score (nSPS) is 19.6. The van der Waals surface area contributed by atoms with E-state index >= 15 is 0 Å². The maximum absolute atomic E-state index is 12.4. The minimum atomic E-state index is -0.840. The summed E-state index contributed by atoms with van der Waals surface area (Å²) in [7, 11) is 0. The lowest BCUT2D eigenvalue weighted by molar-refractivity contribution is -0.139. The topological polar surface area (TPSA) is 70.1 Å². The van der Waals surface area contributed by atoms with Gasteiger partial charge in [-0.1, -0.05) is 0 Å². The summed E-state index contributed by atoms with van der Waals surface area (Å²) in [4.78, 5) is 27.0. The molecule has 22 heavy (non-hydrogen) atoms. The summed E-state index contributed by atoms with van der Waals surface area (Å²) >= 11 is 0. The number of carbonyl (C=O) groups excluding carboxylic acids is 1. The second-order valence-electron chi connectivity index (χ2n) is 7.24. The lowest BCUT2D eigenvalue weighted by Gasteiger charge is -2.39. The molecule has 1 rings (SSSR count). The number of carboxylic acid groups (broad SMARTS) is 1. The van der Waals surface area contributed by atoms with Crippen LogP contribution in [0.4, 0.5) is 4.79 Å². The molecule has 0 spiro atoms. The van der Waals surface area contributed by atoms with Gasteiger partial charge in [-0.05, 0) is 53.9 Å². The van der Waals surface area contributed by atoms with Crippen molar-refractivity contribution in [2.75, 3.05) is 19.6 Å². The van der Waals surface area contributed by atoms with Gasteiger partial charge in [-0.25, -0.2) is 4.79 Å². The quantitative estimate of drug-likeness (QED) is 0.844. The number of rotatable bonds is 5. The monoisotopic (exact) mass is 314 g/mol. The first kappa shape index (κ1) is 18.7. The Morgan fingerprint density at radius 3 is 2.45 bits per heavy atom. The Morgan fingerprint density at radius 1 is 1.32 bits per heavy atom. The van der Waals surface area contributed by atoms with Crippen LogP contribution in [0.3, 0.4) is 0 Å². The van der Waals surface area contributed by atoms with Gasteiger partial charge < -0.3 is 14.7 Å². The maximum Gasteiger partial charge on any atom is 0.410 e. The zero-order valence-electron chi connectivity index (χ0n) is 14.5. The minimum Gasteiger partial charge on any atom is -0.480 e. The van der Waals surface area contributed by atoms with Gasteiger partial charge in [-0.3, -0.25) is 9.69 Å². The number of likely N-dealkylation sites (tertiary alicyclic amines) is 1. The van der Waals surface area contributed by atoms with E-state index in [1.54, 1.807) is 4.90 Å². The summed E-state index contributed by atoms with van der Waals surface area (Å²) in [6.45, 7) is 10.8. The first-order valence-electron chi connectivity index (χ1n) is 8.05. The van der Waals surface area contributed by atoms with Crippen LogP contribution in [0.2, 0.25) is 0 Å². The molecule has 1 amide bonds. The number of hydrogen-bond donors (Lipinski definition) is 1. The third-order valence-corrected chi connectivity index (χ3v) is 3.77. The molecule has 0 aromatic rings. The van der Waals surface area contributed by atoms with Gasteiger partial charge >= 0.3 is 12.1 Å². The Bertz CT molecular complexity index is 390. The van der Waals surface area contributed by atoms with Gasteiger partial charge in [0.25, 0.3) is 0 Å².